The Morgan fingerprint density at radius 1 is 1.10 bits per heavy atom. The standard InChI is InChI=1S/C22H25ClN2O4/c1-16(18-6-8-20(23)9-7-18)24-21(26)15-29-22(27)19-4-2-17(3-5-19)14-25-10-12-28-13-11-25/h2-9,16H,10-15H2,1H3,(H,24,26)/p+1/t16-/m1/s1. The quantitative estimate of drug-likeness (QED) is 0.674. The minimum Gasteiger partial charge on any atom is -0.452 e. The first-order chi connectivity index (χ1) is 14.0. The third kappa shape index (κ3) is 6.56. The Morgan fingerprint density at radius 2 is 1.76 bits per heavy atom. The molecule has 29 heavy (non-hydrogen) atoms. The Kier molecular flexibility index (Phi) is 7.63. The van der Waals surface area contributed by atoms with Crippen LogP contribution in [0, 0.1) is 0 Å². The number of halogens is 1. The van der Waals surface area contributed by atoms with Gasteiger partial charge in [-0.25, -0.2) is 4.79 Å². The van der Waals surface area contributed by atoms with Crippen molar-refractivity contribution in [3.05, 3.63) is 70.2 Å². The lowest BCUT2D eigenvalue weighted by Gasteiger charge is -2.23. The zero-order valence-electron chi connectivity index (χ0n) is 16.4. The van der Waals surface area contributed by atoms with Crippen LogP contribution in [-0.4, -0.2) is 44.8 Å². The fourth-order valence-electron chi connectivity index (χ4n) is 3.22. The second-order valence-electron chi connectivity index (χ2n) is 7.15. The summed E-state index contributed by atoms with van der Waals surface area (Å²) in [6.07, 6.45) is 0. The van der Waals surface area contributed by atoms with Gasteiger partial charge in [0.05, 0.1) is 24.8 Å². The van der Waals surface area contributed by atoms with Crippen LogP contribution < -0.4 is 10.2 Å². The number of nitrogens with one attached hydrogen (secondary N) is 2. The third-order valence-electron chi connectivity index (χ3n) is 4.93. The van der Waals surface area contributed by atoms with E-state index >= 15 is 0 Å². The van der Waals surface area contributed by atoms with Crippen molar-refractivity contribution < 1.29 is 24.0 Å². The van der Waals surface area contributed by atoms with Crippen LogP contribution in [0.15, 0.2) is 48.5 Å². The Balaban J connectivity index is 1.44. The van der Waals surface area contributed by atoms with Gasteiger partial charge in [-0.05, 0) is 36.8 Å². The van der Waals surface area contributed by atoms with Crippen LogP contribution in [0.2, 0.25) is 5.02 Å². The minimum atomic E-state index is -0.510. The molecule has 0 spiro atoms. The van der Waals surface area contributed by atoms with Gasteiger partial charge in [0, 0.05) is 10.6 Å². The van der Waals surface area contributed by atoms with Crippen LogP contribution in [0.1, 0.15) is 34.5 Å². The van der Waals surface area contributed by atoms with Crippen LogP contribution in [0.3, 0.4) is 0 Å². The molecule has 0 unspecified atom stereocenters. The monoisotopic (exact) mass is 417 g/mol. The van der Waals surface area contributed by atoms with E-state index < -0.39 is 5.97 Å². The molecule has 2 aromatic rings. The molecule has 0 saturated carbocycles. The van der Waals surface area contributed by atoms with Crippen LogP contribution in [-0.2, 0) is 20.8 Å². The highest BCUT2D eigenvalue weighted by atomic mass is 35.5. The maximum Gasteiger partial charge on any atom is 0.338 e. The first kappa shape index (κ1) is 21.3. The van der Waals surface area contributed by atoms with Crippen molar-refractivity contribution in [2.45, 2.75) is 19.5 Å². The number of ether oxygens (including phenoxy) is 2. The Labute approximate surface area is 175 Å². The van der Waals surface area contributed by atoms with E-state index in [0.717, 1.165) is 44.0 Å². The molecule has 1 aliphatic heterocycles. The predicted molar refractivity (Wildman–Crippen MR) is 110 cm³/mol. The number of carbonyl (C=O) groups is 2. The summed E-state index contributed by atoms with van der Waals surface area (Å²) < 4.78 is 10.5. The molecule has 2 aromatic carbocycles. The molecule has 0 bridgehead atoms. The zero-order valence-corrected chi connectivity index (χ0v) is 17.2. The molecule has 3 rings (SSSR count). The molecule has 7 heteroatoms. The lowest BCUT2D eigenvalue weighted by Crippen LogP contribution is -3.12. The van der Waals surface area contributed by atoms with Gasteiger partial charge in [-0.15, -0.1) is 0 Å². The summed E-state index contributed by atoms with van der Waals surface area (Å²) in [5.41, 5.74) is 2.52. The van der Waals surface area contributed by atoms with E-state index in [1.54, 1.807) is 24.3 Å². The van der Waals surface area contributed by atoms with Gasteiger partial charge >= 0.3 is 5.97 Å². The molecular formula is C22H26ClN2O4+. The van der Waals surface area contributed by atoms with E-state index in [1.165, 1.54) is 4.90 Å². The predicted octanol–water partition coefficient (Wildman–Crippen LogP) is 1.79. The summed E-state index contributed by atoms with van der Waals surface area (Å²) in [6.45, 7) is 6.01. The van der Waals surface area contributed by atoms with Gasteiger partial charge in [0.1, 0.15) is 19.6 Å². The molecule has 154 valence electrons. The number of rotatable bonds is 7. The number of esters is 1. The Bertz CT molecular complexity index is 818. The van der Waals surface area contributed by atoms with Gasteiger partial charge < -0.3 is 19.7 Å². The number of amides is 1. The topological polar surface area (TPSA) is 69.1 Å². The molecule has 0 aromatic heterocycles. The molecule has 0 aliphatic carbocycles. The van der Waals surface area contributed by atoms with Gasteiger partial charge in [-0.3, -0.25) is 4.79 Å². The second-order valence-corrected chi connectivity index (χ2v) is 7.59. The van der Waals surface area contributed by atoms with E-state index in [1.807, 2.05) is 31.2 Å². The lowest BCUT2D eigenvalue weighted by molar-refractivity contribution is -0.921. The largest absolute Gasteiger partial charge is 0.452 e. The van der Waals surface area contributed by atoms with E-state index in [4.69, 9.17) is 21.1 Å². The minimum absolute atomic E-state index is 0.208. The number of carbonyl (C=O) groups excluding carboxylic acids is 2. The molecule has 0 radical (unpaired) electrons. The molecule has 1 saturated heterocycles. The SMILES string of the molecule is C[C@@H](NC(=O)COC(=O)c1ccc(C[NH+]2CCOCC2)cc1)c1ccc(Cl)cc1. The van der Waals surface area contributed by atoms with E-state index in [9.17, 15) is 9.59 Å². The fraction of sp³-hybridized carbons (Fsp3) is 0.364. The van der Waals surface area contributed by atoms with Gasteiger partial charge in [0.15, 0.2) is 6.61 Å². The van der Waals surface area contributed by atoms with Crippen molar-refractivity contribution in [2.24, 2.45) is 0 Å². The number of hydrogen-bond donors (Lipinski definition) is 2. The van der Waals surface area contributed by atoms with Crippen LogP contribution in [0.5, 0.6) is 0 Å². The highest BCUT2D eigenvalue weighted by Crippen LogP contribution is 2.16. The van der Waals surface area contributed by atoms with Crippen molar-refractivity contribution in [2.75, 3.05) is 32.9 Å². The Hall–Kier alpha value is -2.41. The maximum absolute atomic E-state index is 12.2. The molecule has 1 aliphatic rings. The molecule has 6 nitrogen and oxygen atoms in total. The van der Waals surface area contributed by atoms with Crippen molar-refractivity contribution in [3.63, 3.8) is 0 Å². The van der Waals surface area contributed by atoms with Crippen LogP contribution >= 0.6 is 11.6 Å². The third-order valence-corrected chi connectivity index (χ3v) is 5.18. The molecule has 1 atom stereocenters. The van der Waals surface area contributed by atoms with E-state index in [2.05, 4.69) is 5.32 Å². The summed E-state index contributed by atoms with van der Waals surface area (Å²) in [4.78, 5) is 25.8. The van der Waals surface area contributed by atoms with Crippen molar-refractivity contribution >= 4 is 23.5 Å². The lowest BCUT2D eigenvalue weighted by atomic mass is 10.1. The van der Waals surface area contributed by atoms with Crippen molar-refractivity contribution in [3.8, 4) is 0 Å². The zero-order chi connectivity index (χ0) is 20.6. The summed E-state index contributed by atoms with van der Waals surface area (Å²) in [6, 6.07) is 14.4. The van der Waals surface area contributed by atoms with Crippen molar-refractivity contribution in [1.29, 1.82) is 0 Å². The average Bonchev–Trinajstić information content (AvgIpc) is 2.74. The van der Waals surface area contributed by atoms with E-state index in [-0.39, 0.29) is 18.6 Å². The number of hydrogen-bond acceptors (Lipinski definition) is 4. The normalized spacial score (nSPS) is 15.5. The summed E-state index contributed by atoms with van der Waals surface area (Å²) in [7, 11) is 0. The molecule has 2 N–H and O–H groups in total. The number of quaternary nitrogens is 1. The maximum atomic E-state index is 12.2. The number of benzene rings is 2. The van der Waals surface area contributed by atoms with Gasteiger partial charge in [0.2, 0.25) is 0 Å². The average molecular weight is 418 g/mol. The molecular weight excluding hydrogens is 392 g/mol. The first-order valence-corrected chi connectivity index (χ1v) is 10.1. The van der Waals surface area contributed by atoms with Gasteiger partial charge in [-0.2, -0.15) is 0 Å². The highest BCUT2D eigenvalue weighted by Gasteiger charge is 2.16. The molecule has 1 fully saturated rings. The summed E-state index contributed by atoms with van der Waals surface area (Å²) >= 11 is 5.87. The van der Waals surface area contributed by atoms with Gasteiger partial charge in [0.25, 0.3) is 5.91 Å². The summed E-state index contributed by atoms with van der Waals surface area (Å²) in [5.74, 6) is -0.863. The van der Waals surface area contributed by atoms with Crippen LogP contribution in [0.25, 0.3) is 0 Å². The smallest absolute Gasteiger partial charge is 0.338 e. The van der Waals surface area contributed by atoms with Crippen LogP contribution in [0.4, 0.5) is 0 Å². The first-order valence-electron chi connectivity index (χ1n) is 9.73. The summed E-state index contributed by atoms with van der Waals surface area (Å²) in [5, 5.41) is 3.44. The van der Waals surface area contributed by atoms with E-state index in [0.29, 0.717) is 10.6 Å². The molecule has 1 amide bonds. The highest BCUT2D eigenvalue weighted by molar-refractivity contribution is 6.30. The fourth-order valence-corrected chi connectivity index (χ4v) is 3.34. The number of morpholine rings is 1. The molecule has 1 heterocycles. The second kappa shape index (κ2) is 10.4. The van der Waals surface area contributed by atoms with Crippen molar-refractivity contribution in [1.82, 2.24) is 5.32 Å². The van der Waals surface area contributed by atoms with Gasteiger partial charge in [-0.1, -0.05) is 35.9 Å². The Morgan fingerprint density at radius 3 is 2.41 bits per heavy atom.